The number of benzene rings is 1. The number of carbonyl (C=O) groups excluding carboxylic acids is 1. The lowest BCUT2D eigenvalue weighted by Crippen LogP contribution is -2.41. The van der Waals surface area contributed by atoms with E-state index in [1.165, 1.54) is 10.4 Å². The molecule has 33 heavy (non-hydrogen) atoms. The van der Waals surface area contributed by atoms with Crippen LogP contribution in [0.2, 0.25) is 5.02 Å². The van der Waals surface area contributed by atoms with Crippen molar-refractivity contribution in [2.75, 3.05) is 59.0 Å². The molecule has 0 saturated carbocycles. The summed E-state index contributed by atoms with van der Waals surface area (Å²) < 4.78 is 33.4. The van der Waals surface area contributed by atoms with Crippen LogP contribution in [-0.2, 0) is 14.8 Å². The SMILES string of the molecule is CC1CCCN(S(=O)(=O)c2cc(C(=O)N3CCC(CCN4CCOCC4)CC3)ccc2Cl)C1. The zero-order valence-electron chi connectivity index (χ0n) is 19.5. The minimum atomic E-state index is -3.72. The van der Waals surface area contributed by atoms with Crippen LogP contribution in [0.15, 0.2) is 23.1 Å². The largest absolute Gasteiger partial charge is 0.379 e. The molecule has 1 aromatic carbocycles. The van der Waals surface area contributed by atoms with Crippen LogP contribution in [0.25, 0.3) is 0 Å². The molecule has 1 unspecified atom stereocenters. The molecule has 0 aromatic heterocycles. The number of morpholine rings is 1. The van der Waals surface area contributed by atoms with Crippen LogP contribution in [0.1, 0.15) is 49.4 Å². The number of sulfonamides is 1. The first-order valence-corrected chi connectivity index (χ1v) is 14.1. The van der Waals surface area contributed by atoms with E-state index in [0.717, 1.165) is 65.0 Å². The van der Waals surface area contributed by atoms with Gasteiger partial charge in [0, 0.05) is 44.8 Å². The third kappa shape index (κ3) is 6.09. The van der Waals surface area contributed by atoms with E-state index in [4.69, 9.17) is 16.3 Å². The molecule has 1 amide bonds. The molecule has 0 bridgehead atoms. The fourth-order valence-corrected chi connectivity index (χ4v) is 7.23. The predicted octanol–water partition coefficient (Wildman–Crippen LogP) is 3.34. The number of hydrogen-bond donors (Lipinski definition) is 0. The summed E-state index contributed by atoms with van der Waals surface area (Å²) in [5.41, 5.74) is 0.398. The van der Waals surface area contributed by atoms with E-state index in [1.54, 1.807) is 12.1 Å². The maximum atomic E-state index is 13.3. The highest BCUT2D eigenvalue weighted by molar-refractivity contribution is 7.89. The molecule has 1 aromatic rings. The molecule has 9 heteroatoms. The highest BCUT2D eigenvalue weighted by atomic mass is 35.5. The number of likely N-dealkylation sites (tertiary alicyclic amines) is 1. The Morgan fingerprint density at radius 2 is 1.82 bits per heavy atom. The van der Waals surface area contributed by atoms with Crippen molar-refractivity contribution in [3.8, 4) is 0 Å². The molecule has 3 aliphatic rings. The smallest absolute Gasteiger partial charge is 0.253 e. The van der Waals surface area contributed by atoms with E-state index < -0.39 is 10.0 Å². The van der Waals surface area contributed by atoms with Gasteiger partial charge in [0.15, 0.2) is 0 Å². The molecular weight excluding hydrogens is 462 g/mol. The first-order chi connectivity index (χ1) is 15.8. The van der Waals surface area contributed by atoms with E-state index in [9.17, 15) is 13.2 Å². The van der Waals surface area contributed by atoms with Crippen LogP contribution < -0.4 is 0 Å². The molecule has 184 valence electrons. The topological polar surface area (TPSA) is 70.2 Å². The Kier molecular flexibility index (Phi) is 8.33. The second-order valence-corrected chi connectivity index (χ2v) is 12.0. The van der Waals surface area contributed by atoms with Gasteiger partial charge in [-0.25, -0.2) is 8.42 Å². The fourth-order valence-electron chi connectivity index (χ4n) is 5.13. The number of ether oxygens (including phenoxy) is 1. The van der Waals surface area contributed by atoms with Crippen molar-refractivity contribution >= 4 is 27.5 Å². The second-order valence-electron chi connectivity index (χ2n) is 9.73. The Labute approximate surface area is 203 Å². The summed E-state index contributed by atoms with van der Waals surface area (Å²) in [6.45, 7) is 9.23. The monoisotopic (exact) mass is 497 g/mol. The lowest BCUT2D eigenvalue weighted by atomic mass is 9.93. The lowest BCUT2D eigenvalue weighted by Gasteiger charge is -2.34. The van der Waals surface area contributed by atoms with Crippen LogP contribution in [0.3, 0.4) is 0 Å². The van der Waals surface area contributed by atoms with Gasteiger partial charge in [0.25, 0.3) is 5.91 Å². The number of hydrogen-bond acceptors (Lipinski definition) is 5. The molecule has 4 rings (SSSR count). The van der Waals surface area contributed by atoms with E-state index in [-0.39, 0.29) is 15.8 Å². The Balaban J connectivity index is 1.37. The zero-order chi connectivity index (χ0) is 23.4. The number of rotatable bonds is 6. The van der Waals surface area contributed by atoms with Gasteiger partial charge in [-0.2, -0.15) is 4.31 Å². The summed E-state index contributed by atoms with van der Waals surface area (Å²) in [5, 5.41) is 0.173. The molecule has 1 atom stereocenters. The molecule has 0 N–H and O–H groups in total. The van der Waals surface area contributed by atoms with Gasteiger partial charge >= 0.3 is 0 Å². The predicted molar refractivity (Wildman–Crippen MR) is 129 cm³/mol. The van der Waals surface area contributed by atoms with Gasteiger partial charge in [-0.15, -0.1) is 0 Å². The van der Waals surface area contributed by atoms with Gasteiger partial charge in [0.1, 0.15) is 4.90 Å². The molecule has 0 aliphatic carbocycles. The standard InChI is InChI=1S/C24H36ClN3O4S/c1-19-3-2-9-28(18-19)33(30,31)23-17-21(4-5-22(23)25)24(29)27-11-7-20(8-12-27)6-10-26-13-15-32-16-14-26/h4-5,17,19-20H,2-3,6-16,18H2,1H3. The first kappa shape index (κ1) is 24.9. The maximum absolute atomic E-state index is 13.3. The average molecular weight is 498 g/mol. The molecule has 0 spiro atoms. The normalized spacial score (nSPS) is 24.2. The fraction of sp³-hybridized carbons (Fsp3) is 0.708. The third-order valence-electron chi connectivity index (χ3n) is 7.27. The van der Waals surface area contributed by atoms with Crippen molar-refractivity contribution in [1.29, 1.82) is 0 Å². The van der Waals surface area contributed by atoms with Gasteiger partial charge in [-0.3, -0.25) is 9.69 Å². The summed E-state index contributed by atoms with van der Waals surface area (Å²) in [4.78, 5) is 17.5. The van der Waals surface area contributed by atoms with Crippen molar-refractivity contribution in [2.45, 2.75) is 43.9 Å². The third-order valence-corrected chi connectivity index (χ3v) is 9.62. The zero-order valence-corrected chi connectivity index (χ0v) is 21.1. The van der Waals surface area contributed by atoms with Crippen LogP contribution in [0.5, 0.6) is 0 Å². The molecule has 3 heterocycles. The summed E-state index contributed by atoms with van der Waals surface area (Å²) in [7, 11) is -3.72. The Bertz CT molecular complexity index is 928. The van der Waals surface area contributed by atoms with E-state index in [2.05, 4.69) is 11.8 Å². The molecule has 3 aliphatic heterocycles. The van der Waals surface area contributed by atoms with Crippen molar-refractivity contribution in [2.24, 2.45) is 11.8 Å². The number of piperidine rings is 2. The Morgan fingerprint density at radius 1 is 1.09 bits per heavy atom. The Hall–Kier alpha value is -1.19. The molecule has 3 saturated heterocycles. The van der Waals surface area contributed by atoms with Gasteiger partial charge in [0.2, 0.25) is 10.0 Å². The van der Waals surface area contributed by atoms with Crippen molar-refractivity contribution in [3.05, 3.63) is 28.8 Å². The lowest BCUT2D eigenvalue weighted by molar-refractivity contribution is 0.0332. The number of nitrogens with zero attached hydrogens (tertiary/aromatic N) is 3. The maximum Gasteiger partial charge on any atom is 0.253 e. The molecule has 7 nitrogen and oxygen atoms in total. The quantitative estimate of drug-likeness (QED) is 0.603. The first-order valence-electron chi connectivity index (χ1n) is 12.2. The minimum absolute atomic E-state index is 0.0458. The molecule has 3 fully saturated rings. The van der Waals surface area contributed by atoms with Crippen molar-refractivity contribution in [3.63, 3.8) is 0 Å². The summed E-state index contributed by atoms with van der Waals surface area (Å²) in [5.74, 6) is 0.836. The summed E-state index contributed by atoms with van der Waals surface area (Å²) >= 11 is 6.30. The van der Waals surface area contributed by atoms with E-state index in [0.29, 0.717) is 43.6 Å². The summed E-state index contributed by atoms with van der Waals surface area (Å²) in [6, 6.07) is 4.67. The number of carbonyl (C=O) groups is 1. The minimum Gasteiger partial charge on any atom is -0.379 e. The van der Waals surface area contributed by atoms with Crippen LogP contribution in [-0.4, -0.2) is 87.5 Å². The van der Waals surface area contributed by atoms with Gasteiger partial charge in [-0.05, 0) is 68.7 Å². The van der Waals surface area contributed by atoms with Crippen LogP contribution >= 0.6 is 11.6 Å². The van der Waals surface area contributed by atoms with Crippen LogP contribution in [0, 0.1) is 11.8 Å². The second kappa shape index (κ2) is 11.0. The highest BCUT2D eigenvalue weighted by Gasteiger charge is 2.32. The highest BCUT2D eigenvalue weighted by Crippen LogP contribution is 2.30. The van der Waals surface area contributed by atoms with Gasteiger partial charge < -0.3 is 9.64 Å². The number of amides is 1. The average Bonchev–Trinajstić information content (AvgIpc) is 2.83. The Morgan fingerprint density at radius 3 is 2.52 bits per heavy atom. The van der Waals surface area contributed by atoms with Crippen molar-refractivity contribution in [1.82, 2.24) is 14.1 Å². The van der Waals surface area contributed by atoms with E-state index >= 15 is 0 Å². The number of halogens is 1. The molecule has 0 radical (unpaired) electrons. The summed E-state index contributed by atoms with van der Waals surface area (Å²) in [6.07, 6.45) is 5.00. The van der Waals surface area contributed by atoms with Crippen LogP contribution in [0.4, 0.5) is 0 Å². The van der Waals surface area contributed by atoms with Crippen molar-refractivity contribution < 1.29 is 17.9 Å². The van der Waals surface area contributed by atoms with Gasteiger partial charge in [-0.1, -0.05) is 18.5 Å². The molecular formula is C24H36ClN3O4S. The van der Waals surface area contributed by atoms with E-state index in [1.807, 2.05) is 4.90 Å². The van der Waals surface area contributed by atoms with Gasteiger partial charge in [0.05, 0.1) is 18.2 Å².